The second kappa shape index (κ2) is 4.63. The first-order valence-corrected chi connectivity index (χ1v) is 5.41. The first-order chi connectivity index (χ1) is 7.63. The Kier molecular flexibility index (Phi) is 3.21. The summed E-state index contributed by atoms with van der Waals surface area (Å²) in [6.07, 6.45) is 0.770. The molecule has 1 fully saturated rings. The van der Waals surface area contributed by atoms with E-state index in [1.165, 1.54) is 0 Å². The number of nitrogens with one attached hydrogen (secondary N) is 2. The maximum atomic E-state index is 11.1. The predicted molar refractivity (Wildman–Crippen MR) is 62.3 cm³/mol. The molecular formula is C10H17N5O. The Labute approximate surface area is 93.9 Å². The van der Waals surface area contributed by atoms with E-state index in [4.69, 9.17) is 5.73 Å². The third-order valence-corrected chi connectivity index (χ3v) is 2.75. The zero-order valence-electron chi connectivity index (χ0n) is 9.36. The minimum atomic E-state index is -0.376. The van der Waals surface area contributed by atoms with Crippen LogP contribution in [-0.2, 0) is 6.42 Å². The van der Waals surface area contributed by atoms with Crippen LogP contribution in [0, 0.1) is 0 Å². The molecule has 6 nitrogen and oxygen atoms in total. The van der Waals surface area contributed by atoms with Crippen molar-refractivity contribution in [1.29, 1.82) is 0 Å². The Bertz CT molecular complexity index is 416. The Morgan fingerprint density at radius 1 is 1.69 bits per heavy atom. The Morgan fingerprint density at radius 3 is 3.19 bits per heavy atom. The molecule has 1 aliphatic rings. The lowest BCUT2D eigenvalue weighted by atomic mass is 10.1. The summed E-state index contributed by atoms with van der Waals surface area (Å²) in [6, 6.07) is 2.08. The molecule has 2 heterocycles. The van der Waals surface area contributed by atoms with E-state index in [2.05, 4.69) is 27.2 Å². The van der Waals surface area contributed by atoms with Crippen LogP contribution < -0.4 is 16.7 Å². The van der Waals surface area contributed by atoms with Crippen LogP contribution in [0.1, 0.15) is 5.69 Å². The summed E-state index contributed by atoms with van der Waals surface area (Å²) in [5.41, 5.74) is 5.99. The van der Waals surface area contributed by atoms with Gasteiger partial charge in [-0.25, -0.2) is 4.79 Å². The van der Waals surface area contributed by atoms with Crippen LogP contribution in [-0.4, -0.2) is 47.6 Å². The molecule has 0 amide bonds. The second-order valence-electron chi connectivity index (χ2n) is 4.25. The third-order valence-electron chi connectivity index (χ3n) is 2.75. The lowest BCUT2D eigenvalue weighted by molar-refractivity contribution is 0.237. The summed E-state index contributed by atoms with van der Waals surface area (Å²) in [5.74, 6) is 0.280. The first-order valence-electron chi connectivity index (χ1n) is 5.41. The number of nitrogens with two attached hydrogens (primary N) is 1. The summed E-state index contributed by atoms with van der Waals surface area (Å²) >= 11 is 0. The van der Waals surface area contributed by atoms with Crippen LogP contribution in [0.5, 0.6) is 0 Å². The fraction of sp³-hybridized carbons (Fsp3) is 0.600. The van der Waals surface area contributed by atoms with Gasteiger partial charge in [-0.15, -0.1) is 0 Å². The summed E-state index contributed by atoms with van der Waals surface area (Å²) in [4.78, 5) is 19.7. The average molecular weight is 223 g/mol. The van der Waals surface area contributed by atoms with Crippen molar-refractivity contribution in [3.05, 3.63) is 22.2 Å². The Morgan fingerprint density at radius 2 is 2.50 bits per heavy atom. The van der Waals surface area contributed by atoms with Crippen molar-refractivity contribution in [3.63, 3.8) is 0 Å². The summed E-state index contributed by atoms with van der Waals surface area (Å²) in [7, 11) is 2.09. The van der Waals surface area contributed by atoms with E-state index in [-0.39, 0.29) is 11.5 Å². The van der Waals surface area contributed by atoms with Crippen molar-refractivity contribution in [2.24, 2.45) is 0 Å². The summed E-state index contributed by atoms with van der Waals surface area (Å²) in [5, 5.41) is 3.41. The molecular weight excluding hydrogens is 206 g/mol. The van der Waals surface area contributed by atoms with E-state index in [0.29, 0.717) is 6.04 Å². The molecule has 2 rings (SSSR count). The molecule has 16 heavy (non-hydrogen) atoms. The molecule has 0 spiro atoms. The minimum absolute atomic E-state index is 0.280. The van der Waals surface area contributed by atoms with Gasteiger partial charge in [-0.2, -0.15) is 4.98 Å². The Hall–Kier alpha value is -1.40. The third kappa shape index (κ3) is 2.80. The van der Waals surface area contributed by atoms with Crippen LogP contribution in [0.3, 0.4) is 0 Å². The van der Waals surface area contributed by atoms with Crippen LogP contribution >= 0.6 is 0 Å². The fourth-order valence-electron chi connectivity index (χ4n) is 2.03. The molecule has 1 unspecified atom stereocenters. The maximum Gasteiger partial charge on any atom is 0.347 e. The zero-order chi connectivity index (χ0) is 11.5. The summed E-state index contributed by atoms with van der Waals surface area (Å²) < 4.78 is 0. The number of H-pyrrole nitrogens is 1. The number of aromatic nitrogens is 2. The molecule has 0 bridgehead atoms. The number of aromatic amines is 1. The molecule has 0 radical (unpaired) electrons. The molecule has 6 heteroatoms. The van der Waals surface area contributed by atoms with Crippen molar-refractivity contribution >= 4 is 5.82 Å². The summed E-state index contributed by atoms with van der Waals surface area (Å²) in [6.45, 7) is 3.02. The van der Waals surface area contributed by atoms with Gasteiger partial charge in [-0.05, 0) is 13.1 Å². The highest BCUT2D eigenvalue weighted by atomic mass is 16.1. The normalized spacial score (nSPS) is 22.2. The molecule has 1 aliphatic heterocycles. The molecule has 0 aliphatic carbocycles. The first kappa shape index (κ1) is 11.1. The van der Waals surface area contributed by atoms with E-state index < -0.39 is 0 Å². The zero-order valence-corrected chi connectivity index (χ0v) is 9.36. The average Bonchev–Trinajstić information content (AvgIpc) is 2.15. The van der Waals surface area contributed by atoms with Gasteiger partial charge in [0.15, 0.2) is 0 Å². The number of rotatable bonds is 2. The highest BCUT2D eigenvalue weighted by molar-refractivity contribution is 5.28. The van der Waals surface area contributed by atoms with Gasteiger partial charge < -0.3 is 20.9 Å². The molecule has 0 aromatic carbocycles. The number of anilines is 1. The minimum Gasteiger partial charge on any atom is -0.383 e. The van der Waals surface area contributed by atoms with Gasteiger partial charge in [-0.3, -0.25) is 0 Å². The smallest absolute Gasteiger partial charge is 0.347 e. The number of nitrogen functional groups attached to an aromatic ring is 1. The van der Waals surface area contributed by atoms with Gasteiger partial charge in [-0.1, -0.05) is 0 Å². The van der Waals surface area contributed by atoms with Gasteiger partial charge in [0.05, 0.1) is 0 Å². The number of piperazine rings is 1. The monoisotopic (exact) mass is 223 g/mol. The van der Waals surface area contributed by atoms with Crippen molar-refractivity contribution in [1.82, 2.24) is 20.2 Å². The lowest BCUT2D eigenvalue weighted by Gasteiger charge is -2.30. The number of likely N-dealkylation sites (N-methyl/N-ethyl adjacent to an activating group) is 1. The van der Waals surface area contributed by atoms with Crippen LogP contribution in [0.15, 0.2) is 10.9 Å². The maximum absolute atomic E-state index is 11.1. The van der Waals surface area contributed by atoms with E-state index in [0.717, 1.165) is 31.7 Å². The second-order valence-corrected chi connectivity index (χ2v) is 4.25. The van der Waals surface area contributed by atoms with E-state index in [1.54, 1.807) is 6.07 Å². The van der Waals surface area contributed by atoms with Gasteiger partial charge in [0.2, 0.25) is 0 Å². The Balaban J connectivity index is 2.05. The van der Waals surface area contributed by atoms with Gasteiger partial charge in [0.25, 0.3) is 0 Å². The largest absolute Gasteiger partial charge is 0.383 e. The van der Waals surface area contributed by atoms with Gasteiger partial charge in [0, 0.05) is 37.8 Å². The van der Waals surface area contributed by atoms with E-state index in [1.807, 2.05) is 0 Å². The standard InChI is InChI=1S/C10H17N5O/c1-15-3-2-12-8(6-15)4-7-5-9(11)14-10(16)13-7/h5,8,12H,2-4,6H2,1H3,(H3,11,13,14,16). The van der Waals surface area contributed by atoms with Crippen molar-refractivity contribution in [3.8, 4) is 0 Å². The van der Waals surface area contributed by atoms with Crippen LogP contribution in [0.2, 0.25) is 0 Å². The predicted octanol–water partition coefficient (Wildman–Crippen LogP) is -1.20. The van der Waals surface area contributed by atoms with Crippen molar-refractivity contribution in [2.75, 3.05) is 32.4 Å². The molecule has 1 atom stereocenters. The molecule has 1 aromatic rings. The number of hydrogen-bond acceptors (Lipinski definition) is 5. The van der Waals surface area contributed by atoms with Gasteiger partial charge >= 0.3 is 5.69 Å². The quantitative estimate of drug-likeness (QED) is 0.586. The van der Waals surface area contributed by atoms with Crippen molar-refractivity contribution < 1.29 is 0 Å². The molecule has 0 saturated carbocycles. The molecule has 4 N–H and O–H groups in total. The highest BCUT2D eigenvalue weighted by Crippen LogP contribution is 2.04. The van der Waals surface area contributed by atoms with Crippen molar-refractivity contribution in [2.45, 2.75) is 12.5 Å². The van der Waals surface area contributed by atoms with Gasteiger partial charge in [0.1, 0.15) is 5.82 Å². The lowest BCUT2D eigenvalue weighted by Crippen LogP contribution is -2.50. The van der Waals surface area contributed by atoms with Crippen LogP contribution in [0.4, 0.5) is 5.82 Å². The number of nitrogens with zero attached hydrogens (tertiary/aromatic N) is 2. The molecule has 1 aromatic heterocycles. The molecule has 1 saturated heterocycles. The number of hydrogen-bond donors (Lipinski definition) is 3. The van der Waals surface area contributed by atoms with E-state index >= 15 is 0 Å². The SMILES string of the molecule is CN1CCNC(Cc2cc(N)nc(=O)[nH]2)C1. The highest BCUT2D eigenvalue weighted by Gasteiger charge is 2.17. The van der Waals surface area contributed by atoms with Crippen LogP contribution in [0.25, 0.3) is 0 Å². The topological polar surface area (TPSA) is 87.0 Å². The fourth-order valence-corrected chi connectivity index (χ4v) is 2.03. The molecule has 88 valence electrons. The van der Waals surface area contributed by atoms with E-state index in [9.17, 15) is 4.79 Å².